The van der Waals surface area contributed by atoms with Crippen molar-refractivity contribution in [2.75, 3.05) is 6.54 Å². The van der Waals surface area contributed by atoms with E-state index in [0.29, 0.717) is 19.5 Å². The largest absolute Gasteiger partial charge is 0.478 e. The number of aromatic nitrogens is 2. The van der Waals surface area contributed by atoms with Gasteiger partial charge in [-0.25, -0.2) is 4.79 Å². The van der Waals surface area contributed by atoms with E-state index in [9.17, 15) is 9.59 Å². The van der Waals surface area contributed by atoms with Crippen molar-refractivity contribution in [3.8, 4) is 0 Å². The number of nitrogens with zero attached hydrogens (tertiary/aromatic N) is 2. The topological polar surface area (TPSA) is 84.2 Å². The van der Waals surface area contributed by atoms with Gasteiger partial charge in [-0.2, -0.15) is 5.10 Å². The van der Waals surface area contributed by atoms with Crippen LogP contribution in [0.5, 0.6) is 0 Å². The van der Waals surface area contributed by atoms with Crippen molar-refractivity contribution in [3.63, 3.8) is 0 Å². The first-order valence-corrected chi connectivity index (χ1v) is 5.16. The Balaban J connectivity index is 2.36. The molecule has 0 bridgehead atoms. The van der Waals surface area contributed by atoms with Crippen LogP contribution in [0.15, 0.2) is 12.4 Å². The van der Waals surface area contributed by atoms with E-state index in [2.05, 4.69) is 10.4 Å². The highest BCUT2D eigenvalue weighted by molar-refractivity contribution is 5.86. The fourth-order valence-corrected chi connectivity index (χ4v) is 1.17. The molecule has 0 atom stereocenters. The molecule has 1 amide bonds. The fraction of sp³-hybridized carbons (Fsp3) is 0.500. The summed E-state index contributed by atoms with van der Waals surface area (Å²) in [7, 11) is 0. The van der Waals surface area contributed by atoms with Crippen LogP contribution in [0.4, 0.5) is 0 Å². The lowest BCUT2D eigenvalue weighted by Gasteiger charge is -2.03. The minimum Gasteiger partial charge on any atom is -0.478 e. The molecule has 1 heterocycles. The van der Waals surface area contributed by atoms with Gasteiger partial charge >= 0.3 is 5.97 Å². The Morgan fingerprint density at radius 2 is 2.31 bits per heavy atom. The summed E-state index contributed by atoms with van der Waals surface area (Å²) in [6.45, 7) is 3.04. The molecule has 88 valence electrons. The van der Waals surface area contributed by atoms with Crippen molar-refractivity contribution in [1.29, 1.82) is 0 Å². The van der Waals surface area contributed by atoms with Crippen molar-refractivity contribution in [2.24, 2.45) is 0 Å². The van der Waals surface area contributed by atoms with Gasteiger partial charge in [-0.3, -0.25) is 9.48 Å². The van der Waals surface area contributed by atoms with Crippen molar-refractivity contribution in [2.45, 2.75) is 26.3 Å². The van der Waals surface area contributed by atoms with E-state index in [-0.39, 0.29) is 11.5 Å². The second-order valence-electron chi connectivity index (χ2n) is 3.40. The van der Waals surface area contributed by atoms with E-state index in [1.165, 1.54) is 17.1 Å². The summed E-state index contributed by atoms with van der Waals surface area (Å²) in [5, 5.41) is 15.2. The molecule has 0 saturated carbocycles. The molecule has 0 aliphatic carbocycles. The summed E-state index contributed by atoms with van der Waals surface area (Å²) in [5.41, 5.74) is 0.133. The highest BCUT2D eigenvalue weighted by Crippen LogP contribution is 1.98. The zero-order valence-electron chi connectivity index (χ0n) is 9.14. The van der Waals surface area contributed by atoms with E-state index in [0.717, 1.165) is 6.42 Å². The van der Waals surface area contributed by atoms with Crippen molar-refractivity contribution in [1.82, 2.24) is 15.1 Å². The summed E-state index contributed by atoms with van der Waals surface area (Å²) >= 11 is 0. The monoisotopic (exact) mass is 225 g/mol. The first-order valence-electron chi connectivity index (χ1n) is 5.16. The Morgan fingerprint density at radius 3 is 2.88 bits per heavy atom. The van der Waals surface area contributed by atoms with Crippen LogP contribution in [0.3, 0.4) is 0 Å². The van der Waals surface area contributed by atoms with Gasteiger partial charge in [0.05, 0.1) is 11.8 Å². The number of rotatable bonds is 6. The van der Waals surface area contributed by atoms with Gasteiger partial charge in [-0.15, -0.1) is 0 Å². The third-order valence-electron chi connectivity index (χ3n) is 2.02. The summed E-state index contributed by atoms with van der Waals surface area (Å²) in [4.78, 5) is 21.8. The van der Waals surface area contributed by atoms with Crippen LogP contribution in [0.25, 0.3) is 0 Å². The second kappa shape index (κ2) is 5.89. The molecule has 6 nitrogen and oxygen atoms in total. The average molecular weight is 225 g/mol. The van der Waals surface area contributed by atoms with Gasteiger partial charge < -0.3 is 10.4 Å². The van der Waals surface area contributed by atoms with Gasteiger partial charge in [-0.1, -0.05) is 6.92 Å². The number of carbonyl (C=O) groups excluding carboxylic acids is 1. The normalized spacial score (nSPS) is 10.1. The maximum Gasteiger partial charge on any atom is 0.338 e. The van der Waals surface area contributed by atoms with Crippen LogP contribution in [-0.2, 0) is 11.3 Å². The number of carboxylic acids is 1. The Bertz CT molecular complexity index is 373. The second-order valence-corrected chi connectivity index (χ2v) is 3.40. The summed E-state index contributed by atoms with van der Waals surface area (Å²) in [5.74, 6) is -1.06. The summed E-state index contributed by atoms with van der Waals surface area (Å²) in [6.07, 6.45) is 3.89. The van der Waals surface area contributed by atoms with Crippen molar-refractivity contribution >= 4 is 11.9 Å². The maximum absolute atomic E-state index is 11.2. The Kier molecular flexibility index (Phi) is 4.50. The van der Waals surface area contributed by atoms with Crippen LogP contribution in [0, 0.1) is 0 Å². The number of carboxylic acid groups (broad SMARTS) is 1. The first kappa shape index (κ1) is 12.2. The molecule has 0 aromatic carbocycles. The van der Waals surface area contributed by atoms with Crippen LogP contribution >= 0.6 is 0 Å². The molecular weight excluding hydrogens is 210 g/mol. The van der Waals surface area contributed by atoms with Crippen molar-refractivity contribution < 1.29 is 14.7 Å². The third kappa shape index (κ3) is 3.72. The third-order valence-corrected chi connectivity index (χ3v) is 2.02. The molecule has 6 heteroatoms. The Hall–Kier alpha value is -1.85. The van der Waals surface area contributed by atoms with E-state index < -0.39 is 5.97 Å². The molecule has 0 aliphatic heterocycles. The van der Waals surface area contributed by atoms with E-state index in [1.807, 2.05) is 6.92 Å². The minimum atomic E-state index is -1.01. The molecule has 1 rings (SSSR count). The lowest BCUT2D eigenvalue weighted by Crippen LogP contribution is -2.25. The fourth-order valence-electron chi connectivity index (χ4n) is 1.17. The van der Waals surface area contributed by atoms with Gasteiger partial charge in [0.25, 0.3) is 0 Å². The first-order chi connectivity index (χ1) is 7.63. The van der Waals surface area contributed by atoms with Gasteiger partial charge in [0, 0.05) is 25.7 Å². The smallest absolute Gasteiger partial charge is 0.338 e. The molecule has 0 aliphatic rings. The van der Waals surface area contributed by atoms with E-state index in [4.69, 9.17) is 5.11 Å². The molecule has 16 heavy (non-hydrogen) atoms. The molecule has 0 radical (unpaired) electrons. The Morgan fingerprint density at radius 1 is 1.56 bits per heavy atom. The quantitative estimate of drug-likeness (QED) is 0.738. The highest BCUT2D eigenvalue weighted by atomic mass is 16.4. The molecule has 0 unspecified atom stereocenters. The number of amides is 1. The van der Waals surface area contributed by atoms with Crippen LogP contribution in [0.2, 0.25) is 0 Å². The van der Waals surface area contributed by atoms with Gasteiger partial charge in [0.2, 0.25) is 5.91 Å². The number of nitrogens with one attached hydrogen (secondary N) is 1. The number of carbonyl (C=O) groups is 2. The van der Waals surface area contributed by atoms with Crippen molar-refractivity contribution in [3.05, 3.63) is 18.0 Å². The van der Waals surface area contributed by atoms with Crippen LogP contribution in [-0.4, -0.2) is 33.3 Å². The molecular formula is C10H15N3O3. The summed E-state index contributed by atoms with van der Waals surface area (Å²) < 4.78 is 1.45. The molecule has 1 aromatic heterocycles. The standard InChI is InChI=1S/C10H15N3O3/c1-2-4-11-9(14)3-5-13-7-8(6-12-13)10(15)16/h6-7H,2-5H2,1H3,(H,11,14)(H,15,16). The van der Waals surface area contributed by atoms with Gasteiger partial charge in [-0.05, 0) is 6.42 Å². The SMILES string of the molecule is CCCNC(=O)CCn1cc(C(=O)O)cn1. The van der Waals surface area contributed by atoms with Crippen LogP contribution in [0.1, 0.15) is 30.1 Å². The van der Waals surface area contributed by atoms with Gasteiger partial charge in [0.15, 0.2) is 0 Å². The zero-order chi connectivity index (χ0) is 12.0. The molecule has 0 fully saturated rings. The van der Waals surface area contributed by atoms with E-state index >= 15 is 0 Å². The molecule has 0 saturated heterocycles. The predicted octanol–water partition coefficient (Wildman–Crippen LogP) is 0.498. The number of aromatic carboxylic acids is 1. The molecule has 1 aromatic rings. The lowest BCUT2D eigenvalue weighted by molar-refractivity contribution is -0.121. The Labute approximate surface area is 93.3 Å². The lowest BCUT2D eigenvalue weighted by atomic mass is 10.3. The predicted molar refractivity (Wildman–Crippen MR) is 57.1 cm³/mol. The molecule has 0 spiro atoms. The zero-order valence-corrected chi connectivity index (χ0v) is 9.14. The van der Waals surface area contributed by atoms with Crippen LogP contribution < -0.4 is 5.32 Å². The number of hydrogen-bond acceptors (Lipinski definition) is 3. The minimum absolute atomic E-state index is 0.0470. The average Bonchev–Trinajstić information content (AvgIpc) is 2.72. The number of hydrogen-bond donors (Lipinski definition) is 2. The van der Waals surface area contributed by atoms with E-state index in [1.54, 1.807) is 0 Å². The summed E-state index contributed by atoms with van der Waals surface area (Å²) in [6, 6.07) is 0. The number of aryl methyl sites for hydroxylation is 1. The maximum atomic E-state index is 11.2. The molecule has 2 N–H and O–H groups in total. The highest BCUT2D eigenvalue weighted by Gasteiger charge is 2.06. The van der Waals surface area contributed by atoms with Gasteiger partial charge in [0.1, 0.15) is 0 Å².